The molecule has 2 heterocycles. The van der Waals surface area contributed by atoms with Gasteiger partial charge in [0.25, 0.3) is 0 Å². The van der Waals surface area contributed by atoms with Gasteiger partial charge in [-0.3, -0.25) is 0 Å². The molecule has 0 N–H and O–H groups in total. The number of furan rings is 2. The van der Waals surface area contributed by atoms with E-state index in [0.717, 1.165) is 50.5 Å². The summed E-state index contributed by atoms with van der Waals surface area (Å²) in [5, 5.41) is 4.77. The molecule has 0 unspecified atom stereocenters. The van der Waals surface area contributed by atoms with Crippen molar-refractivity contribution in [2.45, 2.75) is 57.8 Å². The average Bonchev–Trinajstić information content (AvgIpc) is 4.08. The Kier molecular flexibility index (Phi) is 8.50. The third-order valence-electron chi connectivity index (χ3n) is 15.6. The van der Waals surface area contributed by atoms with Crippen molar-refractivity contribution in [2.75, 3.05) is 4.90 Å². The Balaban J connectivity index is 0.00000446. The summed E-state index contributed by atoms with van der Waals surface area (Å²) in [4.78, 5) is 2.50. The number of rotatable bonds is 4. The van der Waals surface area contributed by atoms with Gasteiger partial charge in [-0.2, -0.15) is 42.0 Å². The molecule has 0 saturated carbocycles. The summed E-state index contributed by atoms with van der Waals surface area (Å²) in [7, 11) is 0. The van der Waals surface area contributed by atoms with Gasteiger partial charge in [0.2, 0.25) is 0 Å². The average molecular weight is 1090 g/mol. The fourth-order valence-corrected chi connectivity index (χ4v) is 12.4. The zero-order valence-corrected chi connectivity index (χ0v) is 42.5. The zero-order chi connectivity index (χ0) is 44.4. The minimum atomic E-state index is -0.288. The molecule has 318 valence electrons. The fourth-order valence-electron chi connectivity index (χ4n) is 12.4. The molecule has 0 radical (unpaired) electrons. The van der Waals surface area contributed by atoms with Crippen LogP contribution in [0.3, 0.4) is 0 Å². The standard InChI is InChI=1S/C63H45NO2.U/c1-61(2)49-29-20-37(36-14-8-7-9-15-36)32-48(49)43-26-23-38(33-50(43)61)64(39-21-24-41-44-27-30-55-57(46-16-10-12-18-53(46)65-55)59(44)62(3,4)51(41)34-39)40-22-25-42-45-28-31-56-58(47-17-11-13-19-54(47)66-56)60(45)63(5,6)52(42)35-40;/h7-14,16-31,33-35H,1-6H3;/q-2;+2. The maximum Gasteiger partial charge on any atom is 2.00 e. The molecule has 3 aliphatic rings. The van der Waals surface area contributed by atoms with Gasteiger partial charge in [-0.1, -0.05) is 119 Å². The SMILES string of the molecule is CC1(C)c2ccc(-c3[c-]cccc3)[c-]c2-c2ccc(N(c3ccc4c(c3)C(C)(C)c3c-4ccc4oc5ccccc5c34)c3ccc4c(c3)C(C)(C)c3c-4ccc4oc5ccccc5c34)cc21.[U+2]. The monoisotopic (exact) mass is 1090 g/mol. The first-order valence-electron chi connectivity index (χ1n) is 23.2. The molecule has 67 heavy (non-hydrogen) atoms. The van der Waals surface area contributed by atoms with E-state index in [9.17, 15) is 0 Å². The number of fused-ring (bicyclic) bond motifs is 17. The third kappa shape index (κ3) is 5.46. The molecular formula is C63H45NO2U. The van der Waals surface area contributed by atoms with Crippen molar-refractivity contribution < 1.29 is 39.9 Å². The molecule has 2 aromatic heterocycles. The van der Waals surface area contributed by atoms with Crippen LogP contribution in [-0.2, 0) is 16.2 Å². The quantitative estimate of drug-likeness (QED) is 0.165. The second-order valence-corrected chi connectivity index (χ2v) is 20.3. The summed E-state index contributed by atoms with van der Waals surface area (Å²) in [5.74, 6) is 0. The van der Waals surface area contributed by atoms with Crippen molar-refractivity contribution in [3.63, 3.8) is 0 Å². The van der Waals surface area contributed by atoms with Crippen LogP contribution in [0.15, 0.2) is 173 Å². The van der Waals surface area contributed by atoms with Gasteiger partial charge in [-0.15, -0.1) is 23.3 Å². The molecule has 0 fully saturated rings. The van der Waals surface area contributed by atoms with Crippen LogP contribution in [0.5, 0.6) is 0 Å². The molecule has 0 atom stereocenters. The van der Waals surface area contributed by atoms with Gasteiger partial charge in [0, 0.05) is 49.4 Å². The van der Waals surface area contributed by atoms with Gasteiger partial charge in [-0.05, 0) is 111 Å². The fraction of sp³-hybridized carbons (Fsp3) is 0.143. The molecular weight excluding hydrogens is 1040 g/mol. The van der Waals surface area contributed by atoms with E-state index in [2.05, 4.69) is 210 Å². The third-order valence-corrected chi connectivity index (χ3v) is 15.6. The van der Waals surface area contributed by atoms with Crippen molar-refractivity contribution in [3.8, 4) is 44.5 Å². The molecule has 3 nitrogen and oxygen atoms in total. The molecule has 0 bridgehead atoms. The van der Waals surface area contributed by atoms with Gasteiger partial charge in [0.1, 0.15) is 22.3 Å². The Morgan fingerprint density at radius 3 is 1.40 bits per heavy atom. The Hall–Kier alpha value is -6.57. The second kappa shape index (κ2) is 14.0. The van der Waals surface area contributed by atoms with Crippen molar-refractivity contribution in [1.82, 2.24) is 0 Å². The van der Waals surface area contributed by atoms with Crippen molar-refractivity contribution >= 4 is 60.9 Å². The molecule has 0 aliphatic heterocycles. The van der Waals surface area contributed by atoms with Gasteiger partial charge in [-0.25, -0.2) is 5.56 Å². The number of anilines is 3. The molecule has 4 heteroatoms. The maximum absolute atomic E-state index is 6.45. The van der Waals surface area contributed by atoms with E-state index in [4.69, 9.17) is 8.83 Å². The van der Waals surface area contributed by atoms with Crippen LogP contribution in [-0.4, -0.2) is 0 Å². The van der Waals surface area contributed by atoms with Gasteiger partial charge < -0.3 is 13.7 Å². The first-order valence-corrected chi connectivity index (χ1v) is 23.2. The van der Waals surface area contributed by atoms with E-state index >= 15 is 0 Å². The van der Waals surface area contributed by atoms with Crippen LogP contribution in [0.4, 0.5) is 17.1 Å². The van der Waals surface area contributed by atoms with Crippen LogP contribution in [0.2, 0.25) is 0 Å². The number of benzene rings is 9. The van der Waals surface area contributed by atoms with Crippen molar-refractivity contribution in [1.29, 1.82) is 0 Å². The maximum atomic E-state index is 6.45. The van der Waals surface area contributed by atoms with E-state index < -0.39 is 0 Å². The summed E-state index contributed by atoms with van der Waals surface area (Å²) in [6.07, 6.45) is 0. The summed E-state index contributed by atoms with van der Waals surface area (Å²) in [6, 6.07) is 67.1. The largest absolute Gasteiger partial charge is 2.00 e. The molecule has 0 spiro atoms. The Labute approximate surface area is 414 Å². The van der Waals surface area contributed by atoms with E-state index in [1.807, 2.05) is 12.1 Å². The minimum Gasteiger partial charge on any atom is -0.456 e. The minimum absolute atomic E-state index is 0. The van der Waals surface area contributed by atoms with Crippen LogP contribution in [0, 0.1) is 43.2 Å². The molecule has 11 aromatic rings. The summed E-state index contributed by atoms with van der Waals surface area (Å²) < 4.78 is 12.9. The van der Waals surface area contributed by atoms with Gasteiger partial charge >= 0.3 is 31.1 Å². The van der Waals surface area contributed by atoms with Crippen LogP contribution < -0.4 is 4.90 Å². The Morgan fingerprint density at radius 1 is 0.403 bits per heavy atom. The molecule has 9 aromatic carbocycles. The predicted octanol–water partition coefficient (Wildman–Crippen LogP) is 17.1. The summed E-state index contributed by atoms with van der Waals surface area (Å²) in [5.41, 5.74) is 23.8. The zero-order valence-electron chi connectivity index (χ0n) is 38.4. The second-order valence-electron chi connectivity index (χ2n) is 20.3. The normalized spacial score (nSPS) is 15.3. The predicted molar refractivity (Wildman–Crippen MR) is 271 cm³/mol. The van der Waals surface area contributed by atoms with Crippen molar-refractivity contribution in [3.05, 3.63) is 209 Å². The van der Waals surface area contributed by atoms with Crippen LogP contribution in [0.1, 0.15) is 74.9 Å². The molecule has 0 saturated heterocycles. The van der Waals surface area contributed by atoms with E-state index in [-0.39, 0.29) is 47.4 Å². The van der Waals surface area contributed by atoms with E-state index in [0.29, 0.717) is 0 Å². The topological polar surface area (TPSA) is 29.5 Å². The Bertz CT molecular complexity index is 3740. The first-order chi connectivity index (χ1) is 32.0. The molecule has 3 aliphatic carbocycles. The molecule has 14 rings (SSSR count). The smallest absolute Gasteiger partial charge is 0.456 e. The number of para-hydroxylation sites is 2. The van der Waals surface area contributed by atoms with E-state index in [1.54, 1.807) is 0 Å². The van der Waals surface area contributed by atoms with Gasteiger partial charge in [0.05, 0.1) is 0 Å². The van der Waals surface area contributed by atoms with Crippen LogP contribution >= 0.6 is 0 Å². The van der Waals surface area contributed by atoms with E-state index in [1.165, 1.54) is 88.3 Å². The van der Waals surface area contributed by atoms with Crippen molar-refractivity contribution in [2.24, 2.45) is 0 Å². The number of hydrogen-bond acceptors (Lipinski definition) is 3. The molecule has 0 amide bonds. The Morgan fingerprint density at radius 2 is 0.881 bits per heavy atom. The number of nitrogens with zero attached hydrogens (tertiary/aromatic N) is 1. The summed E-state index contributed by atoms with van der Waals surface area (Å²) in [6.45, 7) is 14.3. The van der Waals surface area contributed by atoms with Gasteiger partial charge in [0.15, 0.2) is 0 Å². The first kappa shape index (κ1) is 40.7. The van der Waals surface area contributed by atoms with Crippen LogP contribution in [0.25, 0.3) is 88.4 Å². The summed E-state index contributed by atoms with van der Waals surface area (Å²) >= 11 is 0. The number of hydrogen-bond donors (Lipinski definition) is 0.